The second kappa shape index (κ2) is 2.44. The fraction of sp³-hybridized carbons (Fsp3) is 0. The third-order valence-electron chi connectivity index (χ3n) is 1.45. The summed E-state index contributed by atoms with van der Waals surface area (Å²) in [6, 6.07) is 2.99. The molecule has 2 aromatic heterocycles. The molecule has 0 atom stereocenters. The van der Waals surface area contributed by atoms with E-state index in [1.807, 2.05) is 0 Å². The van der Waals surface area contributed by atoms with E-state index in [9.17, 15) is 4.79 Å². The second-order valence-electron chi connectivity index (χ2n) is 2.35. The van der Waals surface area contributed by atoms with Gasteiger partial charge in [0.15, 0.2) is 5.65 Å². The van der Waals surface area contributed by atoms with Gasteiger partial charge < -0.3 is 4.98 Å². The lowest BCUT2D eigenvalue weighted by molar-refractivity contribution is 1.21. The standard InChI is InChI=1S/C7H4BN3O/c8-5-3-9-4-1-2-6(12)11-7(4)10-5/h1-3H,(H,10,11,12). The first-order chi connectivity index (χ1) is 5.75. The van der Waals surface area contributed by atoms with Crippen molar-refractivity contribution in [3.63, 3.8) is 0 Å². The van der Waals surface area contributed by atoms with Gasteiger partial charge in [0.2, 0.25) is 5.56 Å². The lowest BCUT2D eigenvalue weighted by Crippen LogP contribution is -2.12. The summed E-state index contributed by atoms with van der Waals surface area (Å²) in [6.07, 6.45) is 1.45. The zero-order valence-electron chi connectivity index (χ0n) is 6.11. The molecule has 2 heterocycles. The highest BCUT2D eigenvalue weighted by atomic mass is 16.1. The number of aromatic amines is 1. The number of rotatable bonds is 0. The number of hydrogen-bond donors (Lipinski definition) is 1. The Morgan fingerprint density at radius 2 is 2.25 bits per heavy atom. The molecule has 0 amide bonds. The van der Waals surface area contributed by atoms with Crippen molar-refractivity contribution in [1.29, 1.82) is 0 Å². The molecule has 0 aromatic carbocycles. The monoisotopic (exact) mass is 157 g/mol. The lowest BCUT2D eigenvalue weighted by atomic mass is 10.1. The van der Waals surface area contributed by atoms with Crippen LogP contribution in [0, 0.1) is 0 Å². The van der Waals surface area contributed by atoms with Gasteiger partial charge in [0, 0.05) is 17.9 Å². The van der Waals surface area contributed by atoms with Gasteiger partial charge in [0.25, 0.3) is 0 Å². The second-order valence-corrected chi connectivity index (χ2v) is 2.35. The molecule has 0 aliphatic carbocycles. The smallest absolute Gasteiger partial charge is 0.249 e. The molecule has 2 radical (unpaired) electrons. The summed E-state index contributed by atoms with van der Waals surface area (Å²) in [4.78, 5) is 21.2. The Labute approximate surface area is 69.1 Å². The average Bonchev–Trinajstić information content (AvgIpc) is 2.03. The largest absolute Gasteiger partial charge is 0.305 e. The van der Waals surface area contributed by atoms with Gasteiger partial charge >= 0.3 is 0 Å². The van der Waals surface area contributed by atoms with Crippen molar-refractivity contribution in [2.24, 2.45) is 0 Å². The minimum Gasteiger partial charge on any atom is -0.305 e. The van der Waals surface area contributed by atoms with Gasteiger partial charge in [0.1, 0.15) is 13.4 Å². The van der Waals surface area contributed by atoms with Crippen LogP contribution in [-0.2, 0) is 0 Å². The summed E-state index contributed by atoms with van der Waals surface area (Å²) in [6.45, 7) is 0. The summed E-state index contributed by atoms with van der Waals surface area (Å²) >= 11 is 0. The molecular weight excluding hydrogens is 153 g/mol. The van der Waals surface area contributed by atoms with Crippen molar-refractivity contribution in [3.05, 3.63) is 28.7 Å². The molecule has 0 unspecified atom stereocenters. The van der Waals surface area contributed by atoms with Gasteiger partial charge in [-0.25, -0.2) is 4.98 Å². The van der Waals surface area contributed by atoms with E-state index in [0.29, 0.717) is 16.8 Å². The van der Waals surface area contributed by atoms with Gasteiger partial charge in [0.05, 0.1) is 0 Å². The van der Waals surface area contributed by atoms with Gasteiger partial charge in [-0.1, -0.05) is 0 Å². The molecule has 2 aromatic rings. The molecule has 0 saturated heterocycles. The number of pyridine rings is 1. The third kappa shape index (κ3) is 1.09. The molecule has 0 fully saturated rings. The van der Waals surface area contributed by atoms with Crippen molar-refractivity contribution < 1.29 is 0 Å². The first kappa shape index (κ1) is 7.03. The van der Waals surface area contributed by atoms with Crippen LogP contribution in [0.5, 0.6) is 0 Å². The van der Waals surface area contributed by atoms with E-state index in [1.54, 1.807) is 6.07 Å². The molecule has 0 bridgehead atoms. The van der Waals surface area contributed by atoms with Crippen molar-refractivity contribution in [2.45, 2.75) is 0 Å². The number of nitrogens with zero attached hydrogens (tertiary/aromatic N) is 2. The Kier molecular flexibility index (Phi) is 1.43. The molecule has 0 saturated carbocycles. The maximum Gasteiger partial charge on any atom is 0.249 e. The number of fused-ring (bicyclic) bond motifs is 1. The molecule has 0 aliphatic heterocycles. The van der Waals surface area contributed by atoms with Crippen LogP contribution in [-0.4, -0.2) is 22.8 Å². The third-order valence-corrected chi connectivity index (χ3v) is 1.45. The molecule has 56 valence electrons. The summed E-state index contributed by atoms with van der Waals surface area (Å²) in [5.74, 6) is 0. The molecule has 4 nitrogen and oxygen atoms in total. The number of aromatic nitrogens is 3. The van der Waals surface area contributed by atoms with Crippen LogP contribution in [0.2, 0.25) is 0 Å². The zero-order chi connectivity index (χ0) is 8.55. The van der Waals surface area contributed by atoms with Crippen LogP contribution in [0.15, 0.2) is 23.1 Å². The molecule has 5 heteroatoms. The molecular formula is C7H4BN3O. The van der Waals surface area contributed by atoms with Gasteiger partial charge in [-0.05, 0) is 6.07 Å². The fourth-order valence-corrected chi connectivity index (χ4v) is 0.939. The molecule has 0 spiro atoms. The predicted octanol–water partition coefficient (Wildman–Crippen LogP) is -0.888. The fourth-order valence-electron chi connectivity index (χ4n) is 0.939. The first-order valence-corrected chi connectivity index (χ1v) is 3.37. The minimum atomic E-state index is -0.206. The van der Waals surface area contributed by atoms with Crippen LogP contribution in [0.1, 0.15) is 0 Å². The summed E-state index contributed by atoms with van der Waals surface area (Å²) in [5, 5.41) is 0. The maximum absolute atomic E-state index is 10.8. The van der Waals surface area contributed by atoms with Crippen molar-refractivity contribution in [3.8, 4) is 0 Å². The van der Waals surface area contributed by atoms with Crippen molar-refractivity contribution >= 4 is 24.6 Å². The van der Waals surface area contributed by atoms with Crippen LogP contribution in [0.25, 0.3) is 11.2 Å². The van der Waals surface area contributed by atoms with Crippen LogP contribution in [0.4, 0.5) is 0 Å². The van der Waals surface area contributed by atoms with Crippen molar-refractivity contribution in [1.82, 2.24) is 15.0 Å². The highest BCUT2D eigenvalue weighted by Crippen LogP contribution is 1.97. The Hall–Kier alpha value is -1.65. The van der Waals surface area contributed by atoms with E-state index in [2.05, 4.69) is 15.0 Å². The topological polar surface area (TPSA) is 58.6 Å². The summed E-state index contributed by atoms with van der Waals surface area (Å²) < 4.78 is 0. The molecule has 2 rings (SSSR count). The SMILES string of the molecule is [B]c1cnc2ccc(=O)[nH]c2n1. The minimum absolute atomic E-state index is 0.206. The summed E-state index contributed by atoms with van der Waals surface area (Å²) in [5.41, 5.74) is 1.14. The highest BCUT2D eigenvalue weighted by molar-refractivity contribution is 6.30. The predicted molar refractivity (Wildman–Crippen MR) is 45.5 cm³/mol. The Morgan fingerprint density at radius 3 is 3.08 bits per heavy atom. The van der Waals surface area contributed by atoms with E-state index >= 15 is 0 Å². The zero-order valence-corrected chi connectivity index (χ0v) is 6.11. The van der Waals surface area contributed by atoms with E-state index < -0.39 is 0 Å². The number of H-pyrrole nitrogens is 1. The normalized spacial score (nSPS) is 10.3. The quantitative estimate of drug-likeness (QED) is 0.504. The Morgan fingerprint density at radius 1 is 1.42 bits per heavy atom. The number of nitrogens with one attached hydrogen (secondary N) is 1. The van der Waals surface area contributed by atoms with Crippen LogP contribution in [0.3, 0.4) is 0 Å². The van der Waals surface area contributed by atoms with Gasteiger partial charge in [-0.3, -0.25) is 9.78 Å². The van der Waals surface area contributed by atoms with E-state index in [-0.39, 0.29) is 5.56 Å². The van der Waals surface area contributed by atoms with E-state index in [1.165, 1.54) is 12.3 Å². The summed E-state index contributed by atoms with van der Waals surface area (Å²) in [7, 11) is 5.38. The molecule has 0 aliphatic rings. The van der Waals surface area contributed by atoms with Gasteiger partial charge in [-0.15, -0.1) is 0 Å². The van der Waals surface area contributed by atoms with Crippen LogP contribution < -0.4 is 11.2 Å². The highest BCUT2D eigenvalue weighted by Gasteiger charge is 1.95. The van der Waals surface area contributed by atoms with Gasteiger partial charge in [-0.2, -0.15) is 0 Å². The molecule has 1 N–H and O–H groups in total. The molecule has 12 heavy (non-hydrogen) atoms. The van der Waals surface area contributed by atoms with Crippen molar-refractivity contribution in [2.75, 3.05) is 0 Å². The van der Waals surface area contributed by atoms with E-state index in [0.717, 1.165) is 0 Å². The Balaban J connectivity index is 2.89. The maximum atomic E-state index is 10.8. The first-order valence-electron chi connectivity index (χ1n) is 3.37. The number of hydrogen-bond acceptors (Lipinski definition) is 3. The average molecular weight is 157 g/mol. The lowest BCUT2D eigenvalue weighted by Gasteiger charge is -1.95. The van der Waals surface area contributed by atoms with E-state index in [4.69, 9.17) is 7.85 Å². The van der Waals surface area contributed by atoms with Crippen LogP contribution >= 0.6 is 0 Å². The Bertz CT molecular complexity index is 479.